The molecule has 0 radical (unpaired) electrons. The van der Waals surface area contributed by atoms with Crippen molar-refractivity contribution in [2.45, 2.75) is 26.4 Å². The predicted octanol–water partition coefficient (Wildman–Crippen LogP) is 4.17. The van der Waals surface area contributed by atoms with Crippen LogP contribution in [0.15, 0.2) is 42.5 Å². The Bertz CT molecular complexity index is 1170. The summed E-state index contributed by atoms with van der Waals surface area (Å²) in [5, 5.41) is 8.85. The van der Waals surface area contributed by atoms with Crippen molar-refractivity contribution in [2.75, 3.05) is 0 Å². The number of benzene rings is 2. The van der Waals surface area contributed by atoms with E-state index in [2.05, 4.69) is 9.97 Å². The van der Waals surface area contributed by atoms with Crippen LogP contribution in [0.1, 0.15) is 33.0 Å². The average molecular weight is 429 g/mol. The molecule has 0 bridgehead atoms. The number of aryl methyl sites for hydroxylation is 2. The number of amides is 1. The number of halogens is 3. The first-order chi connectivity index (χ1) is 14.5. The zero-order chi connectivity index (χ0) is 22.9. The summed E-state index contributed by atoms with van der Waals surface area (Å²) in [6.45, 7) is 3.01. The lowest BCUT2D eigenvalue weighted by molar-refractivity contribution is -0.137. The maximum atomic E-state index is 13.9. The number of carbonyl (C=O) groups is 2. The van der Waals surface area contributed by atoms with Gasteiger partial charge in [0.15, 0.2) is 0 Å². The van der Waals surface area contributed by atoms with Crippen molar-refractivity contribution in [3.8, 4) is 22.4 Å². The molecule has 0 aliphatic rings. The van der Waals surface area contributed by atoms with Crippen molar-refractivity contribution in [3.63, 3.8) is 0 Å². The maximum Gasteiger partial charge on any atom is 0.417 e. The first-order valence-electron chi connectivity index (χ1n) is 9.15. The standard InChI is InChI=1S/C22H18F3N3O3/c1-11-19(28-20(21(26)31)12(2)27-11)16-8-7-15(10-17(16)22(23,24)25)14-5-3-13(4-6-14)9-18(29)30/h3-8,10H,9H2,1-2H3,(H2,26,31)(H,29,30). The van der Waals surface area contributed by atoms with Gasteiger partial charge < -0.3 is 10.8 Å². The van der Waals surface area contributed by atoms with Crippen molar-refractivity contribution >= 4 is 11.9 Å². The van der Waals surface area contributed by atoms with Crippen LogP contribution in [-0.4, -0.2) is 27.0 Å². The Hall–Kier alpha value is -3.75. The van der Waals surface area contributed by atoms with E-state index in [-0.39, 0.29) is 34.8 Å². The van der Waals surface area contributed by atoms with E-state index in [4.69, 9.17) is 10.8 Å². The number of nitrogens with zero attached hydrogens (tertiary/aromatic N) is 2. The lowest BCUT2D eigenvalue weighted by atomic mass is 9.95. The third kappa shape index (κ3) is 4.71. The Morgan fingerprint density at radius 3 is 2.13 bits per heavy atom. The number of aliphatic carboxylic acids is 1. The van der Waals surface area contributed by atoms with E-state index in [1.807, 2.05) is 0 Å². The molecule has 0 aliphatic carbocycles. The molecule has 3 rings (SSSR count). The number of carboxylic acid groups (broad SMARTS) is 1. The Labute approximate surface area is 175 Å². The van der Waals surface area contributed by atoms with Crippen molar-refractivity contribution < 1.29 is 27.9 Å². The predicted molar refractivity (Wildman–Crippen MR) is 107 cm³/mol. The fourth-order valence-corrected chi connectivity index (χ4v) is 3.27. The molecule has 0 fully saturated rings. The van der Waals surface area contributed by atoms with Gasteiger partial charge in [0.2, 0.25) is 0 Å². The summed E-state index contributed by atoms with van der Waals surface area (Å²) in [4.78, 5) is 30.6. The first kappa shape index (κ1) is 21.9. The number of rotatable bonds is 5. The highest BCUT2D eigenvalue weighted by atomic mass is 19.4. The van der Waals surface area contributed by atoms with Crippen LogP contribution in [0.3, 0.4) is 0 Å². The lowest BCUT2D eigenvalue weighted by Gasteiger charge is -2.16. The van der Waals surface area contributed by atoms with Crippen molar-refractivity contribution in [1.82, 2.24) is 9.97 Å². The molecule has 1 aromatic heterocycles. The van der Waals surface area contributed by atoms with Crippen LogP contribution in [0.25, 0.3) is 22.4 Å². The molecule has 2 aromatic carbocycles. The minimum Gasteiger partial charge on any atom is -0.481 e. The number of alkyl halides is 3. The van der Waals surface area contributed by atoms with Crippen LogP contribution in [-0.2, 0) is 17.4 Å². The molecule has 0 atom stereocenters. The van der Waals surface area contributed by atoms with Crippen molar-refractivity contribution in [2.24, 2.45) is 5.73 Å². The molecule has 3 N–H and O–H groups in total. The molecule has 0 spiro atoms. The van der Waals surface area contributed by atoms with E-state index in [9.17, 15) is 22.8 Å². The van der Waals surface area contributed by atoms with Gasteiger partial charge in [0, 0.05) is 5.56 Å². The van der Waals surface area contributed by atoms with Gasteiger partial charge in [0.25, 0.3) is 5.91 Å². The van der Waals surface area contributed by atoms with E-state index in [1.54, 1.807) is 24.3 Å². The minimum atomic E-state index is -4.69. The van der Waals surface area contributed by atoms with Gasteiger partial charge in [0.1, 0.15) is 5.69 Å². The van der Waals surface area contributed by atoms with E-state index >= 15 is 0 Å². The van der Waals surface area contributed by atoms with Gasteiger partial charge >= 0.3 is 12.1 Å². The SMILES string of the molecule is Cc1nc(C)c(-c2ccc(-c3ccc(CC(=O)O)cc3)cc2C(F)(F)F)nc1C(N)=O. The van der Waals surface area contributed by atoms with Crippen LogP contribution in [0.4, 0.5) is 13.2 Å². The van der Waals surface area contributed by atoms with Gasteiger partial charge in [-0.15, -0.1) is 0 Å². The lowest BCUT2D eigenvalue weighted by Crippen LogP contribution is -2.18. The second-order valence-electron chi connectivity index (χ2n) is 6.98. The second-order valence-corrected chi connectivity index (χ2v) is 6.98. The maximum absolute atomic E-state index is 13.9. The van der Waals surface area contributed by atoms with Crippen LogP contribution >= 0.6 is 0 Å². The van der Waals surface area contributed by atoms with Gasteiger partial charge in [-0.3, -0.25) is 14.6 Å². The van der Waals surface area contributed by atoms with Gasteiger partial charge in [0.05, 0.1) is 29.1 Å². The monoisotopic (exact) mass is 429 g/mol. The summed E-state index contributed by atoms with van der Waals surface area (Å²) in [5.41, 5.74) is 5.67. The molecular weight excluding hydrogens is 411 g/mol. The Balaban J connectivity index is 2.14. The van der Waals surface area contributed by atoms with Gasteiger partial charge in [-0.05, 0) is 36.6 Å². The fourth-order valence-electron chi connectivity index (χ4n) is 3.27. The van der Waals surface area contributed by atoms with Crippen LogP contribution in [0.2, 0.25) is 0 Å². The average Bonchev–Trinajstić information content (AvgIpc) is 2.67. The number of nitrogens with two attached hydrogens (primary N) is 1. The van der Waals surface area contributed by atoms with E-state index < -0.39 is 23.6 Å². The Kier molecular flexibility index (Phi) is 5.79. The molecule has 6 nitrogen and oxygen atoms in total. The number of hydrogen-bond donors (Lipinski definition) is 2. The summed E-state index contributed by atoms with van der Waals surface area (Å²) in [7, 11) is 0. The zero-order valence-corrected chi connectivity index (χ0v) is 16.6. The topological polar surface area (TPSA) is 106 Å². The summed E-state index contributed by atoms with van der Waals surface area (Å²) >= 11 is 0. The largest absolute Gasteiger partial charge is 0.481 e. The molecular formula is C22H18F3N3O3. The Morgan fingerprint density at radius 1 is 0.968 bits per heavy atom. The normalized spacial score (nSPS) is 11.4. The molecule has 0 saturated carbocycles. The molecule has 160 valence electrons. The van der Waals surface area contributed by atoms with Crippen molar-refractivity contribution in [3.05, 3.63) is 70.7 Å². The minimum absolute atomic E-state index is 0.0740. The number of carbonyl (C=O) groups excluding carboxylic acids is 1. The van der Waals surface area contributed by atoms with Gasteiger partial charge in [-0.2, -0.15) is 13.2 Å². The zero-order valence-electron chi connectivity index (χ0n) is 16.6. The first-order valence-corrected chi connectivity index (χ1v) is 9.15. The number of primary amides is 1. The van der Waals surface area contributed by atoms with E-state index in [0.717, 1.165) is 6.07 Å². The van der Waals surface area contributed by atoms with Gasteiger partial charge in [-0.1, -0.05) is 36.4 Å². The third-order valence-corrected chi connectivity index (χ3v) is 4.70. The molecule has 31 heavy (non-hydrogen) atoms. The molecule has 9 heteroatoms. The molecule has 0 aliphatic heterocycles. The van der Waals surface area contributed by atoms with Crippen LogP contribution < -0.4 is 5.73 Å². The summed E-state index contributed by atoms with van der Waals surface area (Å²) in [6.07, 6.45) is -4.87. The van der Waals surface area contributed by atoms with Crippen LogP contribution in [0, 0.1) is 13.8 Å². The molecule has 0 saturated heterocycles. The highest BCUT2D eigenvalue weighted by Gasteiger charge is 2.35. The van der Waals surface area contributed by atoms with Gasteiger partial charge in [-0.25, -0.2) is 4.98 Å². The molecule has 1 amide bonds. The van der Waals surface area contributed by atoms with E-state index in [0.29, 0.717) is 16.7 Å². The highest BCUT2D eigenvalue weighted by Crippen LogP contribution is 2.39. The summed E-state index contributed by atoms with van der Waals surface area (Å²) < 4.78 is 41.7. The number of carboxylic acids is 1. The van der Waals surface area contributed by atoms with E-state index in [1.165, 1.54) is 26.0 Å². The summed E-state index contributed by atoms with van der Waals surface area (Å²) in [6, 6.07) is 10.0. The Morgan fingerprint density at radius 2 is 1.58 bits per heavy atom. The third-order valence-electron chi connectivity index (χ3n) is 4.70. The number of hydrogen-bond acceptors (Lipinski definition) is 4. The smallest absolute Gasteiger partial charge is 0.417 e. The second kappa shape index (κ2) is 8.17. The highest BCUT2D eigenvalue weighted by molar-refractivity contribution is 5.92. The van der Waals surface area contributed by atoms with Crippen LogP contribution in [0.5, 0.6) is 0 Å². The van der Waals surface area contributed by atoms with Crippen molar-refractivity contribution in [1.29, 1.82) is 0 Å². The summed E-state index contributed by atoms with van der Waals surface area (Å²) in [5.74, 6) is -1.88. The number of aromatic nitrogens is 2. The molecule has 1 heterocycles. The fraction of sp³-hybridized carbons (Fsp3) is 0.182. The molecule has 0 unspecified atom stereocenters. The molecule has 3 aromatic rings. The quantitative estimate of drug-likeness (QED) is 0.633.